The fourth-order valence-corrected chi connectivity index (χ4v) is 2.13. The summed E-state index contributed by atoms with van der Waals surface area (Å²) >= 11 is 1.56. The predicted molar refractivity (Wildman–Crippen MR) is 58.8 cm³/mol. The summed E-state index contributed by atoms with van der Waals surface area (Å²) in [6.07, 6.45) is 0.942. The topological polar surface area (TPSA) is 40.5 Å². The third-order valence-corrected chi connectivity index (χ3v) is 3.15. The van der Waals surface area contributed by atoms with E-state index in [0.717, 1.165) is 10.6 Å². The van der Waals surface area contributed by atoms with Gasteiger partial charge in [-0.1, -0.05) is 0 Å². The van der Waals surface area contributed by atoms with Gasteiger partial charge in [0.1, 0.15) is 5.00 Å². The molecule has 3 nitrogen and oxygen atoms in total. The average molecular weight is 213 g/mol. The molecule has 14 heavy (non-hydrogen) atoms. The first-order valence-corrected chi connectivity index (χ1v) is 5.46. The van der Waals surface area contributed by atoms with E-state index in [1.807, 2.05) is 18.4 Å². The molecule has 0 spiro atoms. The van der Waals surface area contributed by atoms with E-state index < -0.39 is 0 Å². The summed E-state index contributed by atoms with van der Waals surface area (Å²) in [5.41, 5.74) is 1.12. The first-order valence-electron chi connectivity index (χ1n) is 4.58. The van der Waals surface area contributed by atoms with E-state index in [2.05, 4.69) is 0 Å². The summed E-state index contributed by atoms with van der Waals surface area (Å²) in [6, 6.07) is 2.00. The van der Waals surface area contributed by atoms with Crippen molar-refractivity contribution in [1.29, 1.82) is 0 Å². The summed E-state index contributed by atoms with van der Waals surface area (Å²) in [7, 11) is 1.78. The molecule has 0 atom stereocenters. The van der Waals surface area contributed by atoms with Gasteiger partial charge in [0, 0.05) is 20.1 Å². The van der Waals surface area contributed by atoms with Gasteiger partial charge in [0.15, 0.2) is 0 Å². The molecule has 4 heteroatoms. The molecule has 78 valence electrons. The lowest BCUT2D eigenvalue weighted by atomic mass is 10.3. The SMILES string of the molecule is Cc1ccsc1N(C)C(=O)CCCO. The van der Waals surface area contributed by atoms with E-state index >= 15 is 0 Å². The highest BCUT2D eigenvalue weighted by molar-refractivity contribution is 7.14. The minimum absolute atomic E-state index is 0.0598. The normalized spacial score (nSPS) is 10.2. The van der Waals surface area contributed by atoms with Gasteiger partial charge in [-0.05, 0) is 30.4 Å². The molecule has 0 radical (unpaired) electrons. The Kier molecular flexibility index (Phi) is 4.10. The number of carbonyl (C=O) groups is 1. The smallest absolute Gasteiger partial charge is 0.227 e. The molecule has 0 unspecified atom stereocenters. The van der Waals surface area contributed by atoms with Crippen molar-refractivity contribution in [3.05, 3.63) is 17.0 Å². The maximum Gasteiger partial charge on any atom is 0.227 e. The maximum atomic E-state index is 11.6. The monoisotopic (exact) mass is 213 g/mol. The molecule has 1 aromatic heterocycles. The van der Waals surface area contributed by atoms with Crippen molar-refractivity contribution in [3.8, 4) is 0 Å². The van der Waals surface area contributed by atoms with E-state index in [4.69, 9.17) is 5.11 Å². The number of nitrogens with zero attached hydrogens (tertiary/aromatic N) is 1. The Morgan fingerprint density at radius 2 is 2.36 bits per heavy atom. The Morgan fingerprint density at radius 1 is 1.64 bits per heavy atom. The van der Waals surface area contributed by atoms with Gasteiger partial charge >= 0.3 is 0 Å². The van der Waals surface area contributed by atoms with Crippen LogP contribution in [-0.4, -0.2) is 24.7 Å². The second-order valence-electron chi connectivity index (χ2n) is 3.19. The van der Waals surface area contributed by atoms with Gasteiger partial charge in [-0.2, -0.15) is 0 Å². The lowest BCUT2D eigenvalue weighted by Crippen LogP contribution is -2.25. The number of aliphatic hydroxyl groups is 1. The zero-order valence-corrected chi connectivity index (χ0v) is 9.30. The Balaban J connectivity index is 2.61. The average Bonchev–Trinajstić information content (AvgIpc) is 2.59. The van der Waals surface area contributed by atoms with Crippen LogP contribution in [0.5, 0.6) is 0 Å². The van der Waals surface area contributed by atoms with Crippen LogP contribution in [0.2, 0.25) is 0 Å². The van der Waals surface area contributed by atoms with Crippen LogP contribution < -0.4 is 4.90 Å². The predicted octanol–water partition coefficient (Wildman–Crippen LogP) is 1.79. The fourth-order valence-electron chi connectivity index (χ4n) is 1.22. The lowest BCUT2D eigenvalue weighted by molar-refractivity contribution is -0.118. The first kappa shape index (κ1) is 11.2. The number of carbonyl (C=O) groups excluding carboxylic acids is 1. The Morgan fingerprint density at radius 3 is 2.86 bits per heavy atom. The van der Waals surface area contributed by atoms with Crippen LogP contribution in [0.15, 0.2) is 11.4 Å². The summed E-state index contributed by atoms with van der Waals surface area (Å²) in [4.78, 5) is 13.2. The summed E-state index contributed by atoms with van der Waals surface area (Å²) in [5.74, 6) is 0.0598. The summed E-state index contributed by atoms with van der Waals surface area (Å²) in [6.45, 7) is 2.06. The van der Waals surface area contributed by atoms with Crippen LogP contribution in [-0.2, 0) is 4.79 Å². The van der Waals surface area contributed by atoms with Gasteiger partial charge in [0.2, 0.25) is 5.91 Å². The second-order valence-corrected chi connectivity index (χ2v) is 4.08. The van der Waals surface area contributed by atoms with Crippen LogP contribution >= 0.6 is 11.3 Å². The molecule has 0 aliphatic heterocycles. The first-order chi connectivity index (χ1) is 6.66. The number of rotatable bonds is 4. The fraction of sp³-hybridized carbons (Fsp3) is 0.500. The molecule has 0 saturated carbocycles. The number of aliphatic hydroxyl groups excluding tert-OH is 1. The molecule has 0 aliphatic carbocycles. The number of hydrogen-bond donors (Lipinski definition) is 1. The summed E-state index contributed by atoms with van der Waals surface area (Å²) in [5, 5.41) is 11.6. The number of thiophene rings is 1. The molecule has 1 aromatic rings. The van der Waals surface area contributed by atoms with Crippen molar-refractivity contribution in [1.82, 2.24) is 0 Å². The molecule has 0 fully saturated rings. The molecule has 0 aliphatic rings. The molecule has 1 N–H and O–H groups in total. The zero-order chi connectivity index (χ0) is 10.6. The van der Waals surface area contributed by atoms with Gasteiger partial charge in [0.25, 0.3) is 0 Å². The van der Waals surface area contributed by atoms with E-state index in [1.54, 1.807) is 23.3 Å². The molecule has 0 saturated heterocycles. The van der Waals surface area contributed by atoms with Crippen LogP contribution in [0.25, 0.3) is 0 Å². The Labute approximate surface area is 88.0 Å². The second kappa shape index (κ2) is 5.12. The molecular formula is C10H15NO2S. The van der Waals surface area contributed by atoms with E-state index in [0.29, 0.717) is 12.8 Å². The number of aryl methyl sites for hydroxylation is 1. The minimum atomic E-state index is 0.0598. The van der Waals surface area contributed by atoms with E-state index in [9.17, 15) is 4.79 Å². The highest BCUT2D eigenvalue weighted by atomic mass is 32.1. The van der Waals surface area contributed by atoms with E-state index in [-0.39, 0.29) is 12.5 Å². The number of amides is 1. The van der Waals surface area contributed by atoms with Gasteiger partial charge < -0.3 is 10.0 Å². The maximum absolute atomic E-state index is 11.6. The zero-order valence-electron chi connectivity index (χ0n) is 8.49. The third-order valence-electron chi connectivity index (χ3n) is 2.06. The van der Waals surface area contributed by atoms with Crippen LogP contribution in [0.3, 0.4) is 0 Å². The number of anilines is 1. The third kappa shape index (κ3) is 2.56. The molecule has 0 aromatic carbocycles. The van der Waals surface area contributed by atoms with Crippen molar-refractivity contribution in [2.45, 2.75) is 19.8 Å². The standard InChI is InChI=1S/C10H15NO2S/c1-8-5-7-14-10(8)11(2)9(13)4-3-6-12/h5,7,12H,3-4,6H2,1-2H3. The Hall–Kier alpha value is -0.870. The van der Waals surface area contributed by atoms with Gasteiger partial charge in [-0.25, -0.2) is 0 Å². The highest BCUT2D eigenvalue weighted by Gasteiger charge is 2.12. The van der Waals surface area contributed by atoms with Crippen molar-refractivity contribution in [2.75, 3.05) is 18.6 Å². The number of hydrogen-bond acceptors (Lipinski definition) is 3. The van der Waals surface area contributed by atoms with E-state index in [1.165, 1.54) is 0 Å². The van der Waals surface area contributed by atoms with Gasteiger partial charge in [-0.3, -0.25) is 4.79 Å². The van der Waals surface area contributed by atoms with Crippen molar-refractivity contribution in [3.63, 3.8) is 0 Å². The van der Waals surface area contributed by atoms with Crippen LogP contribution in [0.1, 0.15) is 18.4 Å². The van der Waals surface area contributed by atoms with Crippen molar-refractivity contribution >= 4 is 22.2 Å². The lowest BCUT2D eigenvalue weighted by Gasteiger charge is -2.15. The largest absolute Gasteiger partial charge is 0.396 e. The molecule has 0 bridgehead atoms. The molecule has 1 rings (SSSR count). The van der Waals surface area contributed by atoms with Crippen molar-refractivity contribution in [2.24, 2.45) is 0 Å². The summed E-state index contributed by atoms with van der Waals surface area (Å²) < 4.78 is 0. The Bertz CT molecular complexity index is 309. The molecule has 1 heterocycles. The highest BCUT2D eigenvalue weighted by Crippen LogP contribution is 2.26. The molecule has 1 amide bonds. The van der Waals surface area contributed by atoms with Crippen LogP contribution in [0, 0.1) is 6.92 Å². The molecular weight excluding hydrogens is 198 g/mol. The van der Waals surface area contributed by atoms with Gasteiger partial charge in [-0.15, -0.1) is 11.3 Å². The quantitative estimate of drug-likeness (QED) is 0.828. The minimum Gasteiger partial charge on any atom is -0.396 e. The van der Waals surface area contributed by atoms with Crippen LogP contribution in [0.4, 0.5) is 5.00 Å². The van der Waals surface area contributed by atoms with Crippen molar-refractivity contribution < 1.29 is 9.90 Å². The van der Waals surface area contributed by atoms with Gasteiger partial charge in [0.05, 0.1) is 0 Å².